The Morgan fingerprint density at radius 3 is 2.30 bits per heavy atom. The van der Waals surface area contributed by atoms with Crippen molar-refractivity contribution in [1.82, 2.24) is 0 Å². The van der Waals surface area contributed by atoms with Gasteiger partial charge in [0.25, 0.3) is 0 Å². The number of nitrogens with two attached hydrogens (primary N) is 1. The van der Waals surface area contributed by atoms with Crippen molar-refractivity contribution in [3.05, 3.63) is 11.6 Å². The van der Waals surface area contributed by atoms with Crippen LogP contribution in [0.4, 0.5) is 0 Å². The zero-order chi connectivity index (χ0) is 8.41. The normalized spacial score (nSPS) is 11.0. The maximum atomic E-state index is 4.89. The lowest BCUT2D eigenvalue weighted by Gasteiger charge is -1.84. The number of hydrogen-bond acceptors (Lipinski definition) is 2. The third-order valence-corrected chi connectivity index (χ3v) is 0.804. The quantitative estimate of drug-likeness (QED) is 0.358. The zero-order valence-corrected chi connectivity index (χ0v) is 7.39. The van der Waals surface area contributed by atoms with E-state index in [0.29, 0.717) is 0 Å². The highest BCUT2D eigenvalue weighted by Crippen LogP contribution is 1.88. The topological polar surface area (TPSA) is 38.4 Å². The van der Waals surface area contributed by atoms with Crippen molar-refractivity contribution in [2.75, 3.05) is 0 Å². The SMILES string of the molecule is CC.CC/C=C(C)\C=N/N. The first-order valence-corrected chi connectivity index (χ1v) is 3.71. The van der Waals surface area contributed by atoms with E-state index in [1.54, 1.807) is 6.21 Å². The fourth-order valence-corrected chi connectivity index (χ4v) is 0.492. The Morgan fingerprint density at radius 2 is 2.00 bits per heavy atom. The highest BCUT2D eigenvalue weighted by atomic mass is 15.1. The van der Waals surface area contributed by atoms with E-state index in [9.17, 15) is 0 Å². The Balaban J connectivity index is 0. The van der Waals surface area contributed by atoms with Crippen LogP contribution in [-0.4, -0.2) is 6.21 Å². The lowest BCUT2D eigenvalue weighted by Crippen LogP contribution is -1.83. The number of rotatable bonds is 2. The summed E-state index contributed by atoms with van der Waals surface area (Å²) in [5.74, 6) is 4.89. The van der Waals surface area contributed by atoms with E-state index in [1.807, 2.05) is 20.8 Å². The van der Waals surface area contributed by atoms with Gasteiger partial charge in [-0.2, -0.15) is 5.10 Å². The number of hydrazone groups is 1. The molecule has 0 saturated heterocycles. The van der Waals surface area contributed by atoms with Gasteiger partial charge in [0.15, 0.2) is 0 Å². The summed E-state index contributed by atoms with van der Waals surface area (Å²) in [6.45, 7) is 8.05. The van der Waals surface area contributed by atoms with Gasteiger partial charge in [0.1, 0.15) is 0 Å². The van der Waals surface area contributed by atoms with Gasteiger partial charge in [-0.25, -0.2) is 0 Å². The van der Waals surface area contributed by atoms with Crippen molar-refractivity contribution in [3.8, 4) is 0 Å². The van der Waals surface area contributed by atoms with Crippen molar-refractivity contribution in [3.63, 3.8) is 0 Å². The molecule has 10 heavy (non-hydrogen) atoms. The second-order valence-electron chi connectivity index (χ2n) is 1.63. The summed E-state index contributed by atoms with van der Waals surface area (Å²) in [5, 5.41) is 3.36. The molecule has 0 amide bonds. The molecule has 60 valence electrons. The molecule has 0 aliphatic heterocycles. The van der Waals surface area contributed by atoms with Crippen LogP contribution in [0, 0.1) is 0 Å². The first-order valence-electron chi connectivity index (χ1n) is 3.71. The molecule has 0 heterocycles. The van der Waals surface area contributed by atoms with Crippen molar-refractivity contribution in [2.24, 2.45) is 10.9 Å². The lowest BCUT2D eigenvalue weighted by atomic mass is 10.3. The van der Waals surface area contributed by atoms with Gasteiger partial charge in [-0.05, 0) is 18.9 Å². The molecule has 0 aromatic rings. The Bertz CT molecular complexity index is 104. The molecule has 2 nitrogen and oxygen atoms in total. The molecule has 0 aromatic carbocycles. The average Bonchev–Trinajstić information content (AvgIpc) is 1.93. The minimum absolute atomic E-state index is 1.04. The fourth-order valence-electron chi connectivity index (χ4n) is 0.492. The molecule has 0 unspecified atom stereocenters. The third kappa shape index (κ3) is 10.2. The van der Waals surface area contributed by atoms with Gasteiger partial charge in [0.05, 0.1) is 0 Å². The summed E-state index contributed by atoms with van der Waals surface area (Å²) in [7, 11) is 0. The first-order chi connectivity index (χ1) is 4.81. The van der Waals surface area contributed by atoms with E-state index >= 15 is 0 Å². The fraction of sp³-hybridized carbons (Fsp3) is 0.625. The van der Waals surface area contributed by atoms with E-state index in [0.717, 1.165) is 12.0 Å². The van der Waals surface area contributed by atoms with Crippen LogP contribution in [0.15, 0.2) is 16.8 Å². The summed E-state index contributed by atoms with van der Waals surface area (Å²) in [6.07, 6.45) is 4.75. The maximum absolute atomic E-state index is 4.89. The minimum atomic E-state index is 1.04. The van der Waals surface area contributed by atoms with Gasteiger partial charge in [-0.15, -0.1) is 0 Å². The molecule has 0 spiro atoms. The minimum Gasteiger partial charge on any atom is -0.323 e. The Hall–Kier alpha value is -0.790. The number of nitrogens with zero attached hydrogens (tertiary/aromatic N) is 1. The van der Waals surface area contributed by atoms with E-state index in [-0.39, 0.29) is 0 Å². The van der Waals surface area contributed by atoms with Crippen LogP contribution in [0.2, 0.25) is 0 Å². The van der Waals surface area contributed by atoms with Crippen LogP contribution in [0.25, 0.3) is 0 Å². The van der Waals surface area contributed by atoms with Crippen LogP contribution in [0.3, 0.4) is 0 Å². The van der Waals surface area contributed by atoms with Crippen LogP contribution in [0.1, 0.15) is 34.1 Å². The van der Waals surface area contributed by atoms with Crippen molar-refractivity contribution in [1.29, 1.82) is 0 Å². The lowest BCUT2D eigenvalue weighted by molar-refractivity contribution is 1.20. The van der Waals surface area contributed by atoms with E-state index in [1.165, 1.54) is 0 Å². The van der Waals surface area contributed by atoms with Crippen molar-refractivity contribution < 1.29 is 0 Å². The smallest absolute Gasteiger partial charge is 0.0491 e. The molecule has 0 aliphatic rings. The van der Waals surface area contributed by atoms with E-state index in [2.05, 4.69) is 18.1 Å². The van der Waals surface area contributed by atoms with Crippen molar-refractivity contribution >= 4 is 6.21 Å². The summed E-state index contributed by atoms with van der Waals surface area (Å²) < 4.78 is 0. The summed E-state index contributed by atoms with van der Waals surface area (Å²) in [4.78, 5) is 0. The molecule has 0 radical (unpaired) electrons. The second-order valence-corrected chi connectivity index (χ2v) is 1.63. The van der Waals surface area contributed by atoms with Crippen LogP contribution >= 0.6 is 0 Å². The summed E-state index contributed by atoms with van der Waals surface area (Å²) in [6, 6.07) is 0. The molecule has 0 aliphatic carbocycles. The number of allylic oxidation sites excluding steroid dienone is 2. The average molecular weight is 142 g/mol. The van der Waals surface area contributed by atoms with Crippen LogP contribution in [-0.2, 0) is 0 Å². The first kappa shape index (κ1) is 11.9. The predicted molar refractivity (Wildman–Crippen MR) is 48.1 cm³/mol. The summed E-state index contributed by atoms with van der Waals surface area (Å²) >= 11 is 0. The Morgan fingerprint density at radius 1 is 1.50 bits per heavy atom. The largest absolute Gasteiger partial charge is 0.323 e. The molecule has 0 aromatic heterocycles. The van der Waals surface area contributed by atoms with E-state index < -0.39 is 0 Å². The maximum Gasteiger partial charge on any atom is 0.0491 e. The van der Waals surface area contributed by atoms with Gasteiger partial charge < -0.3 is 5.84 Å². The predicted octanol–water partition coefficient (Wildman–Crippen LogP) is 2.31. The zero-order valence-electron chi connectivity index (χ0n) is 7.39. The molecule has 0 saturated carbocycles. The molecule has 0 atom stereocenters. The van der Waals surface area contributed by atoms with Gasteiger partial charge in [0, 0.05) is 6.21 Å². The van der Waals surface area contributed by atoms with E-state index in [4.69, 9.17) is 5.84 Å². The molecule has 2 N–H and O–H groups in total. The van der Waals surface area contributed by atoms with Crippen LogP contribution < -0.4 is 5.84 Å². The monoisotopic (exact) mass is 142 g/mol. The number of hydrogen-bond donors (Lipinski definition) is 1. The third-order valence-electron chi connectivity index (χ3n) is 0.804. The molecular weight excluding hydrogens is 124 g/mol. The highest BCUT2D eigenvalue weighted by molar-refractivity contribution is 5.77. The van der Waals surface area contributed by atoms with Gasteiger partial charge >= 0.3 is 0 Å². The second kappa shape index (κ2) is 11.1. The van der Waals surface area contributed by atoms with Gasteiger partial charge in [-0.3, -0.25) is 0 Å². The molecular formula is C8H18N2. The Labute approximate surface area is 63.8 Å². The van der Waals surface area contributed by atoms with Crippen molar-refractivity contribution in [2.45, 2.75) is 34.1 Å². The van der Waals surface area contributed by atoms with Gasteiger partial charge in [0.2, 0.25) is 0 Å². The molecule has 2 heteroatoms. The van der Waals surface area contributed by atoms with Crippen LogP contribution in [0.5, 0.6) is 0 Å². The molecule has 0 fully saturated rings. The Kier molecular flexibility index (Phi) is 13.2. The highest BCUT2D eigenvalue weighted by Gasteiger charge is 1.75. The standard InChI is InChI=1S/C6H12N2.C2H6/c1-3-4-6(2)5-8-7;1-2/h4-5H,3,7H2,1-2H3;1-2H3/b6-4-,8-5-;. The molecule has 0 bridgehead atoms. The molecule has 0 rings (SSSR count). The van der Waals surface area contributed by atoms with Gasteiger partial charge in [-0.1, -0.05) is 26.8 Å². The summed E-state index contributed by atoms with van der Waals surface area (Å²) in [5.41, 5.74) is 1.12.